The van der Waals surface area contributed by atoms with Crippen LogP contribution in [0.4, 0.5) is 0 Å². The van der Waals surface area contributed by atoms with E-state index in [1.807, 2.05) is 0 Å². The van der Waals surface area contributed by atoms with Crippen molar-refractivity contribution >= 4 is 38.9 Å². The van der Waals surface area contributed by atoms with Crippen molar-refractivity contribution in [3.8, 4) is 11.6 Å². The highest BCUT2D eigenvalue weighted by Gasteiger charge is 2.11. The highest BCUT2D eigenvalue weighted by Crippen LogP contribution is 2.29. The first kappa shape index (κ1) is 9.18. The maximum absolute atomic E-state index is 5.58. The number of alkyl halides is 1. The summed E-state index contributed by atoms with van der Waals surface area (Å²) in [7, 11) is 0. The van der Waals surface area contributed by atoms with Crippen LogP contribution in [0.5, 0.6) is 0 Å². The quantitative estimate of drug-likeness (QED) is 0.792. The van der Waals surface area contributed by atoms with Gasteiger partial charge in [0.25, 0.3) is 0 Å². The first-order chi connectivity index (χ1) is 6.31. The van der Waals surface area contributed by atoms with Crippen LogP contribution in [0, 0.1) is 0 Å². The molecule has 2 heterocycles. The van der Waals surface area contributed by atoms with E-state index in [0.717, 1.165) is 9.48 Å². The van der Waals surface area contributed by atoms with E-state index in [9.17, 15) is 0 Å². The Morgan fingerprint density at radius 3 is 2.92 bits per heavy atom. The van der Waals surface area contributed by atoms with E-state index in [2.05, 4.69) is 25.9 Å². The van der Waals surface area contributed by atoms with Crippen LogP contribution in [0.3, 0.4) is 0 Å². The second-order valence-corrected chi connectivity index (χ2v) is 4.68. The molecule has 68 valence electrons. The number of oxazole rings is 1. The Morgan fingerprint density at radius 2 is 2.38 bits per heavy atom. The SMILES string of the molecule is ClCc1cnc(-c2ncsc2Br)o1. The molecule has 3 nitrogen and oxygen atoms in total. The monoisotopic (exact) mass is 278 g/mol. The molecule has 0 aromatic carbocycles. The van der Waals surface area contributed by atoms with Crippen molar-refractivity contribution in [1.82, 2.24) is 9.97 Å². The molecule has 2 aromatic rings. The van der Waals surface area contributed by atoms with E-state index in [1.165, 1.54) is 11.3 Å². The Balaban J connectivity index is 2.41. The smallest absolute Gasteiger partial charge is 0.247 e. The first-order valence-corrected chi connectivity index (χ1v) is 5.62. The number of hydrogen-bond donors (Lipinski definition) is 0. The third kappa shape index (κ3) is 1.77. The van der Waals surface area contributed by atoms with Crippen LogP contribution < -0.4 is 0 Å². The van der Waals surface area contributed by atoms with Crippen molar-refractivity contribution in [2.24, 2.45) is 0 Å². The van der Waals surface area contributed by atoms with Crippen molar-refractivity contribution in [3.05, 3.63) is 21.3 Å². The van der Waals surface area contributed by atoms with Gasteiger partial charge in [0.05, 0.1) is 17.6 Å². The van der Waals surface area contributed by atoms with Gasteiger partial charge >= 0.3 is 0 Å². The van der Waals surface area contributed by atoms with Crippen LogP contribution >= 0.6 is 38.9 Å². The summed E-state index contributed by atoms with van der Waals surface area (Å²) in [5.41, 5.74) is 2.45. The molecule has 0 aliphatic carbocycles. The fourth-order valence-electron chi connectivity index (χ4n) is 0.850. The maximum Gasteiger partial charge on any atom is 0.247 e. The fraction of sp³-hybridized carbons (Fsp3) is 0.143. The van der Waals surface area contributed by atoms with Crippen molar-refractivity contribution in [1.29, 1.82) is 0 Å². The zero-order chi connectivity index (χ0) is 9.26. The summed E-state index contributed by atoms with van der Waals surface area (Å²) in [6.07, 6.45) is 1.61. The number of hydrogen-bond acceptors (Lipinski definition) is 4. The van der Waals surface area contributed by atoms with E-state index in [-0.39, 0.29) is 0 Å². The summed E-state index contributed by atoms with van der Waals surface area (Å²) in [6.45, 7) is 0. The van der Waals surface area contributed by atoms with E-state index < -0.39 is 0 Å². The lowest BCUT2D eigenvalue weighted by atomic mass is 10.5. The highest BCUT2D eigenvalue weighted by molar-refractivity contribution is 9.11. The topological polar surface area (TPSA) is 38.9 Å². The molecule has 0 aliphatic heterocycles. The molecule has 0 aliphatic rings. The normalized spacial score (nSPS) is 10.6. The molecule has 0 spiro atoms. The summed E-state index contributed by atoms with van der Waals surface area (Å²) in [6, 6.07) is 0. The Hall–Kier alpha value is -0.390. The molecular weight excluding hydrogens is 276 g/mol. The average molecular weight is 280 g/mol. The summed E-state index contributed by atoms with van der Waals surface area (Å²) >= 11 is 10.4. The van der Waals surface area contributed by atoms with E-state index >= 15 is 0 Å². The predicted octanol–water partition coefficient (Wildman–Crippen LogP) is 3.30. The van der Waals surface area contributed by atoms with Gasteiger partial charge in [-0.25, -0.2) is 9.97 Å². The van der Waals surface area contributed by atoms with Gasteiger partial charge in [0.2, 0.25) is 5.89 Å². The molecule has 0 radical (unpaired) electrons. The Kier molecular flexibility index (Phi) is 2.66. The molecular formula is C7H4BrClN2OS. The molecule has 0 saturated heterocycles. The number of aromatic nitrogens is 2. The van der Waals surface area contributed by atoms with Gasteiger partial charge in [-0.15, -0.1) is 22.9 Å². The Bertz CT molecular complexity index is 414. The molecule has 6 heteroatoms. The minimum atomic E-state index is 0.328. The average Bonchev–Trinajstić information content (AvgIpc) is 2.71. The number of nitrogens with zero attached hydrogens (tertiary/aromatic N) is 2. The maximum atomic E-state index is 5.58. The van der Waals surface area contributed by atoms with Gasteiger partial charge in [0.15, 0.2) is 5.69 Å². The lowest BCUT2D eigenvalue weighted by Crippen LogP contribution is -1.75. The highest BCUT2D eigenvalue weighted by atomic mass is 79.9. The third-order valence-electron chi connectivity index (χ3n) is 1.41. The number of halogens is 2. The van der Waals surface area contributed by atoms with Gasteiger partial charge < -0.3 is 4.42 Å². The summed E-state index contributed by atoms with van der Waals surface area (Å²) in [5, 5.41) is 0. The number of rotatable bonds is 2. The standard InChI is InChI=1S/C7H4BrClN2OS/c8-6-5(11-3-13-6)7-10-2-4(1-9)12-7/h2-3H,1H2. The summed E-state index contributed by atoms with van der Waals surface area (Å²) < 4.78 is 6.24. The van der Waals surface area contributed by atoms with Crippen LogP contribution in [0.25, 0.3) is 11.6 Å². The van der Waals surface area contributed by atoms with Gasteiger partial charge in [-0.2, -0.15) is 0 Å². The van der Waals surface area contributed by atoms with E-state index in [0.29, 0.717) is 17.5 Å². The Labute approximate surface area is 91.9 Å². The van der Waals surface area contributed by atoms with Crippen LogP contribution in [-0.2, 0) is 5.88 Å². The van der Waals surface area contributed by atoms with Crippen LogP contribution in [-0.4, -0.2) is 9.97 Å². The predicted molar refractivity (Wildman–Crippen MR) is 54.9 cm³/mol. The second-order valence-electron chi connectivity index (χ2n) is 2.24. The van der Waals surface area contributed by atoms with E-state index in [4.69, 9.17) is 16.0 Å². The van der Waals surface area contributed by atoms with Crippen LogP contribution in [0.15, 0.2) is 19.9 Å². The third-order valence-corrected chi connectivity index (χ3v) is 3.22. The molecule has 0 bridgehead atoms. The zero-order valence-electron chi connectivity index (χ0n) is 6.33. The van der Waals surface area contributed by atoms with Crippen molar-refractivity contribution in [3.63, 3.8) is 0 Å². The van der Waals surface area contributed by atoms with Crippen molar-refractivity contribution in [2.75, 3.05) is 0 Å². The molecule has 0 fully saturated rings. The largest absolute Gasteiger partial charge is 0.439 e. The van der Waals surface area contributed by atoms with Crippen LogP contribution in [0.1, 0.15) is 5.76 Å². The zero-order valence-corrected chi connectivity index (χ0v) is 9.49. The number of thiazole rings is 1. The Morgan fingerprint density at radius 1 is 1.54 bits per heavy atom. The lowest BCUT2D eigenvalue weighted by Gasteiger charge is -1.88. The molecule has 0 atom stereocenters. The van der Waals surface area contributed by atoms with Crippen LogP contribution in [0.2, 0.25) is 0 Å². The minimum absolute atomic E-state index is 0.328. The summed E-state index contributed by atoms with van der Waals surface area (Å²) in [4.78, 5) is 8.16. The lowest BCUT2D eigenvalue weighted by molar-refractivity contribution is 0.535. The summed E-state index contributed by atoms with van der Waals surface area (Å²) in [5.74, 6) is 1.48. The van der Waals surface area contributed by atoms with Gasteiger partial charge in [-0.1, -0.05) is 0 Å². The van der Waals surface area contributed by atoms with Crippen molar-refractivity contribution in [2.45, 2.75) is 5.88 Å². The van der Waals surface area contributed by atoms with Crippen molar-refractivity contribution < 1.29 is 4.42 Å². The second kappa shape index (κ2) is 3.77. The fourth-order valence-corrected chi connectivity index (χ4v) is 2.00. The molecule has 2 aromatic heterocycles. The molecule has 0 amide bonds. The molecule has 0 unspecified atom stereocenters. The van der Waals surface area contributed by atoms with Gasteiger partial charge in [0.1, 0.15) is 9.55 Å². The van der Waals surface area contributed by atoms with E-state index in [1.54, 1.807) is 11.7 Å². The van der Waals surface area contributed by atoms with Gasteiger partial charge in [-0.05, 0) is 15.9 Å². The molecule has 0 N–H and O–H groups in total. The molecule has 13 heavy (non-hydrogen) atoms. The first-order valence-electron chi connectivity index (χ1n) is 3.41. The molecule has 0 saturated carbocycles. The van der Waals surface area contributed by atoms with Gasteiger partial charge in [0, 0.05) is 0 Å². The minimum Gasteiger partial charge on any atom is -0.439 e. The van der Waals surface area contributed by atoms with Gasteiger partial charge in [-0.3, -0.25) is 0 Å². The molecule has 2 rings (SSSR count).